The first-order valence-electron chi connectivity index (χ1n) is 7.32. The zero-order chi connectivity index (χ0) is 18.8. The maximum atomic E-state index is 12.5. The van der Waals surface area contributed by atoms with Crippen molar-refractivity contribution in [3.8, 4) is 5.75 Å². The van der Waals surface area contributed by atoms with Crippen molar-refractivity contribution in [2.24, 2.45) is 0 Å². The Morgan fingerprint density at radius 3 is 2.54 bits per heavy atom. The van der Waals surface area contributed by atoms with Gasteiger partial charge in [-0.15, -0.1) is 0 Å². The van der Waals surface area contributed by atoms with E-state index in [0.29, 0.717) is 0 Å². The topological polar surface area (TPSA) is 101 Å². The summed E-state index contributed by atoms with van der Waals surface area (Å²) in [6.45, 7) is 0.121. The Morgan fingerprint density at radius 2 is 1.88 bits per heavy atom. The summed E-state index contributed by atoms with van der Waals surface area (Å²) in [6.07, 6.45) is 1.29. The lowest BCUT2D eigenvalue weighted by molar-refractivity contribution is -0.384. The van der Waals surface area contributed by atoms with E-state index in [1.54, 1.807) is 12.1 Å². The fraction of sp³-hybridized carbons (Fsp3) is 0.0588. The Morgan fingerprint density at radius 1 is 1.19 bits per heavy atom. The van der Waals surface area contributed by atoms with E-state index in [-0.39, 0.29) is 28.5 Å². The Balaban J connectivity index is 1.86. The van der Waals surface area contributed by atoms with Gasteiger partial charge in [-0.3, -0.25) is 24.6 Å². The van der Waals surface area contributed by atoms with Gasteiger partial charge >= 0.3 is 0 Å². The van der Waals surface area contributed by atoms with Crippen molar-refractivity contribution >= 4 is 50.6 Å². The van der Waals surface area contributed by atoms with E-state index in [1.165, 1.54) is 12.1 Å². The second kappa shape index (κ2) is 7.30. The molecule has 0 aliphatic carbocycles. The van der Waals surface area contributed by atoms with E-state index in [0.717, 1.165) is 38.8 Å². The molecule has 0 aromatic heterocycles. The quantitative estimate of drug-likeness (QED) is 0.437. The van der Waals surface area contributed by atoms with E-state index < -0.39 is 16.1 Å². The molecule has 1 fully saturated rings. The lowest BCUT2D eigenvalue weighted by Gasteiger charge is -2.12. The van der Waals surface area contributed by atoms with Crippen LogP contribution in [-0.4, -0.2) is 26.1 Å². The number of phenolic OH excluding ortho intramolecular Hbond substituents is 1. The molecule has 1 aliphatic rings. The van der Waals surface area contributed by atoms with Crippen LogP contribution < -0.4 is 0 Å². The molecular formula is C17H11BrN2O5S. The van der Waals surface area contributed by atoms with Crippen LogP contribution in [0.25, 0.3) is 6.08 Å². The fourth-order valence-corrected chi connectivity index (χ4v) is 3.41. The molecule has 0 spiro atoms. The Hall–Kier alpha value is -2.65. The number of rotatable bonds is 4. The minimum absolute atomic E-state index is 0.0999. The van der Waals surface area contributed by atoms with Crippen LogP contribution in [0.1, 0.15) is 11.1 Å². The van der Waals surface area contributed by atoms with Gasteiger partial charge in [0, 0.05) is 22.2 Å². The number of benzene rings is 2. The number of imide groups is 1. The van der Waals surface area contributed by atoms with Gasteiger partial charge in [0.05, 0.1) is 16.4 Å². The number of nitro benzene ring substituents is 1. The summed E-state index contributed by atoms with van der Waals surface area (Å²) in [5.74, 6) is -0.718. The number of nitro groups is 1. The Labute approximate surface area is 160 Å². The number of phenols is 1. The summed E-state index contributed by atoms with van der Waals surface area (Å²) in [7, 11) is 0. The molecule has 2 aromatic rings. The van der Waals surface area contributed by atoms with Crippen molar-refractivity contribution in [1.29, 1.82) is 0 Å². The average molecular weight is 435 g/mol. The first kappa shape index (κ1) is 18.2. The summed E-state index contributed by atoms with van der Waals surface area (Å²) >= 11 is 4.05. The van der Waals surface area contributed by atoms with Gasteiger partial charge in [0.15, 0.2) is 0 Å². The van der Waals surface area contributed by atoms with Crippen molar-refractivity contribution in [2.45, 2.75) is 6.54 Å². The van der Waals surface area contributed by atoms with E-state index in [4.69, 9.17) is 0 Å². The normalized spacial score (nSPS) is 15.7. The van der Waals surface area contributed by atoms with Gasteiger partial charge in [0.2, 0.25) is 0 Å². The lowest BCUT2D eigenvalue weighted by Crippen LogP contribution is -2.27. The van der Waals surface area contributed by atoms with Gasteiger partial charge in [-0.2, -0.15) is 0 Å². The number of carbonyl (C=O) groups is 2. The molecule has 9 heteroatoms. The predicted molar refractivity (Wildman–Crippen MR) is 100 cm³/mol. The van der Waals surface area contributed by atoms with Gasteiger partial charge in [-0.05, 0) is 41.6 Å². The molecular weight excluding hydrogens is 424 g/mol. The van der Waals surface area contributed by atoms with E-state index >= 15 is 0 Å². The summed E-state index contributed by atoms with van der Waals surface area (Å²) < 4.78 is 0.886. The predicted octanol–water partition coefficient (Wildman–Crippen LogP) is 4.30. The van der Waals surface area contributed by atoms with Gasteiger partial charge in [-0.25, -0.2) is 0 Å². The van der Waals surface area contributed by atoms with Crippen LogP contribution in [0.2, 0.25) is 0 Å². The zero-order valence-corrected chi connectivity index (χ0v) is 15.5. The number of carbonyl (C=O) groups excluding carboxylic acids is 2. The molecule has 0 saturated carbocycles. The molecule has 0 atom stereocenters. The monoisotopic (exact) mass is 434 g/mol. The van der Waals surface area contributed by atoms with Gasteiger partial charge in [0.25, 0.3) is 16.8 Å². The molecule has 26 heavy (non-hydrogen) atoms. The SMILES string of the molecule is O=C1S/C(=C\c2cc([N+](=O)[O-])ccc2O)C(=O)N1Cc1ccc(Br)cc1. The first-order chi connectivity index (χ1) is 12.3. The van der Waals surface area contributed by atoms with Crippen LogP contribution in [-0.2, 0) is 11.3 Å². The molecule has 1 N–H and O–H groups in total. The van der Waals surface area contributed by atoms with Crippen molar-refractivity contribution in [3.63, 3.8) is 0 Å². The first-order valence-corrected chi connectivity index (χ1v) is 8.93. The average Bonchev–Trinajstić information content (AvgIpc) is 2.86. The number of aromatic hydroxyl groups is 1. The Kier molecular flexibility index (Phi) is 5.10. The molecule has 1 heterocycles. The number of nitrogens with zero attached hydrogens (tertiary/aromatic N) is 2. The smallest absolute Gasteiger partial charge is 0.293 e. The second-order valence-electron chi connectivity index (χ2n) is 5.39. The number of halogens is 1. The van der Waals surface area contributed by atoms with Crippen molar-refractivity contribution in [3.05, 3.63) is 73.1 Å². The van der Waals surface area contributed by atoms with E-state index in [2.05, 4.69) is 15.9 Å². The fourth-order valence-electron chi connectivity index (χ4n) is 2.32. The largest absolute Gasteiger partial charge is 0.507 e. The van der Waals surface area contributed by atoms with Crippen molar-refractivity contribution < 1.29 is 19.6 Å². The third-order valence-electron chi connectivity index (χ3n) is 3.64. The van der Waals surface area contributed by atoms with Gasteiger partial charge in [0.1, 0.15) is 5.75 Å². The molecule has 2 aromatic carbocycles. The maximum Gasteiger partial charge on any atom is 0.293 e. The van der Waals surface area contributed by atoms with Crippen LogP contribution in [0.4, 0.5) is 10.5 Å². The lowest BCUT2D eigenvalue weighted by atomic mass is 10.1. The molecule has 1 saturated heterocycles. The molecule has 3 rings (SSSR count). The molecule has 0 bridgehead atoms. The highest BCUT2D eigenvalue weighted by Gasteiger charge is 2.35. The maximum absolute atomic E-state index is 12.5. The number of amides is 2. The summed E-state index contributed by atoms with van der Waals surface area (Å²) in [5.41, 5.74) is 0.673. The minimum atomic E-state index is -0.601. The van der Waals surface area contributed by atoms with Gasteiger partial charge in [-0.1, -0.05) is 28.1 Å². The highest BCUT2D eigenvalue weighted by Crippen LogP contribution is 2.35. The second-order valence-corrected chi connectivity index (χ2v) is 7.30. The molecule has 7 nitrogen and oxygen atoms in total. The third-order valence-corrected chi connectivity index (χ3v) is 5.07. The number of thioether (sulfide) groups is 1. The van der Waals surface area contributed by atoms with Crippen molar-refractivity contribution in [2.75, 3.05) is 0 Å². The van der Waals surface area contributed by atoms with Crippen molar-refractivity contribution in [1.82, 2.24) is 4.90 Å². The molecule has 0 unspecified atom stereocenters. The number of hydrogen-bond donors (Lipinski definition) is 1. The number of hydrogen-bond acceptors (Lipinski definition) is 6. The van der Waals surface area contributed by atoms with Crippen LogP contribution in [0.15, 0.2) is 51.8 Å². The molecule has 2 amide bonds. The summed E-state index contributed by atoms with van der Waals surface area (Å²) in [4.78, 5) is 36.1. The highest BCUT2D eigenvalue weighted by atomic mass is 79.9. The molecule has 132 valence electrons. The van der Waals surface area contributed by atoms with E-state index in [9.17, 15) is 24.8 Å². The van der Waals surface area contributed by atoms with Crippen LogP contribution in [0.5, 0.6) is 5.75 Å². The van der Waals surface area contributed by atoms with Crippen LogP contribution in [0.3, 0.4) is 0 Å². The van der Waals surface area contributed by atoms with Crippen LogP contribution >= 0.6 is 27.7 Å². The number of non-ortho nitro benzene ring substituents is 1. The third kappa shape index (κ3) is 3.78. The Bertz CT molecular complexity index is 943. The summed E-state index contributed by atoms with van der Waals surface area (Å²) in [6, 6.07) is 10.7. The van der Waals surface area contributed by atoms with E-state index in [1.807, 2.05) is 12.1 Å². The van der Waals surface area contributed by atoms with Gasteiger partial charge < -0.3 is 5.11 Å². The minimum Gasteiger partial charge on any atom is -0.507 e. The highest BCUT2D eigenvalue weighted by molar-refractivity contribution is 9.10. The zero-order valence-electron chi connectivity index (χ0n) is 13.1. The standard InChI is InChI=1S/C17H11BrN2O5S/c18-12-3-1-10(2-4-12)9-19-16(22)15(26-17(19)23)8-11-7-13(20(24)25)5-6-14(11)21/h1-8,21H,9H2/b15-8-. The van der Waals surface area contributed by atoms with Crippen LogP contribution in [0, 0.1) is 10.1 Å². The molecule has 1 aliphatic heterocycles. The summed E-state index contributed by atoms with van der Waals surface area (Å²) in [5, 5.41) is 20.3. The molecule has 0 radical (unpaired) electrons.